The fraction of sp³-hybridized carbons (Fsp3) is 0.762. The van der Waals surface area contributed by atoms with Crippen molar-refractivity contribution in [3.63, 3.8) is 0 Å². The number of aromatic nitrogens is 1. The van der Waals surface area contributed by atoms with Crippen molar-refractivity contribution in [1.29, 1.82) is 0 Å². The van der Waals surface area contributed by atoms with Crippen LogP contribution in [-0.4, -0.2) is 39.8 Å². The fourth-order valence-electron chi connectivity index (χ4n) is 5.74. The molecule has 0 aromatic carbocycles. The van der Waals surface area contributed by atoms with E-state index < -0.39 is 22.9 Å². The number of carbonyl (C=O) groups excluding carboxylic acids is 2. The highest BCUT2D eigenvalue weighted by Crippen LogP contribution is 2.62. The van der Waals surface area contributed by atoms with Gasteiger partial charge in [0.15, 0.2) is 5.13 Å². The molecule has 0 saturated heterocycles. The van der Waals surface area contributed by atoms with Crippen LogP contribution in [0.15, 0.2) is 0 Å². The van der Waals surface area contributed by atoms with E-state index in [0.717, 1.165) is 29.8 Å². The summed E-state index contributed by atoms with van der Waals surface area (Å²) >= 11 is 1.39. The van der Waals surface area contributed by atoms with Crippen LogP contribution in [-0.2, 0) is 16.0 Å². The lowest BCUT2D eigenvalue weighted by molar-refractivity contribution is -0.307. The van der Waals surface area contributed by atoms with Crippen LogP contribution in [0.25, 0.3) is 0 Å². The third-order valence-corrected chi connectivity index (χ3v) is 8.98. The van der Waals surface area contributed by atoms with E-state index in [0.29, 0.717) is 24.4 Å². The van der Waals surface area contributed by atoms with Crippen LogP contribution in [0, 0.1) is 22.7 Å². The van der Waals surface area contributed by atoms with Gasteiger partial charge in [0.05, 0.1) is 18.4 Å². The molecule has 3 N–H and O–H groups in total. The van der Waals surface area contributed by atoms with Crippen molar-refractivity contribution in [2.75, 3.05) is 11.9 Å². The first-order valence-corrected chi connectivity index (χ1v) is 11.3. The Hall–Kier alpha value is -1.51. The zero-order valence-corrected chi connectivity index (χ0v) is 17.8. The Morgan fingerprint density at radius 1 is 1.31 bits per heavy atom. The van der Waals surface area contributed by atoms with Crippen LogP contribution in [0.5, 0.6) is 0 Å². The van der Waals surface area contributed by atoms with Gasteiger partial charge in [-0.05, 0) is 49.9 Å². The number of anilines is 1. The summed E-state index contributed by atoms with van der Waals surface area (Å²) in [6, 6.07) is 0. The van der Waals surface area contributed by atoms with Crippen LogP contribution in [0.3, 0.4) is 0 Å². The van der Waals surface area contributed by atoms with Crippen molar-refractivity contribution in [2.24, 2.45) is 22.7 Å². The summed E-state index contributed by atoms with van der Waals surface area (Å²) in [5, 5.41) is 35.9. The normalized spacial score (nSPS) is 36.6. The number of carbonyl (C=O) groups is 2. The van der Waals surface area contributed by atoms with Gasteiger partial charge < -0.3 is 25.4 Å². The van der Waals surface area contributed by atoms with E-state index in [1.165, 1.54) is 11.3 Å². The molecule has 160 valence electrons. The topological polar surface area (TPSA) is 123 Å². The van der Waals surface area contributed by atoms with Gasteiger partial charge in [-0.3, -0.25) is 4.79 Å². The van der Waals surface area contributed by atoms with Crippen molar-refractivity contribution in [3.05, 3.63) is 10.6 Å². The van der Waals surface area contributed by atoms with Gasteiger partial charge in [0.25, 0.3) is 0 Å². The van der Waals surface area contributed by atoms with Gasteiger partial charge in [-0.15, -0.1) is 11.3 Å². The van der Waals surface area contributed by atoms with Crippen molar-refractivity contribution in [2.45, 2.75) is 70.8 Å². The van der Waals surface area contributed by atoms with E-state index in [-0.39, 0.29) is 36.7 Å². The SMILES string of the molecule is C[C@]1(CO)[C@H]2Cc3sc(NC(=O)C4CCC4)nc3[C@@H](CC(=O)[O-])[C@]2(C)CC[C@H]1O. The second-order valence-corrected chi connectivity index (χ2v) is 10.6. The first-order chi connectivity index (χ1) is 13.7. The Labute approximate surface area is 174 Å². The minimum atomic E-state index is -1.13. The molecular weight excluding hydrogens is 392 g/mol. The summed E-state index contributed by atoms with van der Waals surface area (Å²) in [6.45, 7) is 3.78. The summed E-state index contributed by atoms with van der Waals surface area (Å²) in [5.41, 5.74) is -0.403. The molecule has 0 bridgehead atoms. The van der Waals surface area contributed by atoms with Crippen molar-refractivity contribution >= 4 is 28.3 Å². The van der Waals surface area contributed by atoms with Gasteiger partial charge in [0.2, 0.25) is 5.91 Å². The van der Waals surface area contributed by atoms with E-state index in [9.17, 15) is 24.9 Å². The van der Waals surface area contributed by atoms with E-state index in [2.05, 4.69) is 17.2 Å². The standard InChI is InChI=1S/C21H30N2O5S/c1-20-7-6-15(25)21(2,10-24)14(20)9-13-17(12(20)8-16(26)27)22-19(29-13)23-18(28)11-4-3-5-11/h11-12,14-15,24-25H,3-10H2,1-2H3,(H,26,27)(H,22,23,28)/p-1/t12-,14+,15-,20+,21+/m1/s1. The van der Waals surface area contributed by atoms with E-state index in [1.54, 1.807) is 0 Å². The summed E-state index contributed by atoms with van der Waals surface area (Å²) in [5.74, 6) is -1.56. The molecule has 8 heteroatoms. The fourth-order valence-corrected chi connectivity index (χ4v) is 6.82. The Morgan fingerprint density at radius 3 is 2.62 bits per heavy atom. The molecule has 1 amide bonds. The van der Waals surface area contributed by atoms with Gasteiger partial charge in [-0.25, -0.2) is 4.98 Å². The second-order valence-electron chi connectivity index (χ2n) is 9.55. The number of aliphatic hydroxyl groups is 2. The summed E-state index contributed by atoms with van der Waals surface area (Å²) < 4.78 is 0. The van der Waals surface area contributed by atoms with Crippen molar-refractivity contribution < 1.29 is 24.9 Å². The minimum Gasteiger partial charge on any atom is -0.550 e. The van der Waals surface area contributed by atoms with Crippen LogP contribution in [0.2, 0.25) is 0 Å². The number of fused-ring (bicyclic) bond motifs is 2. The maximum Gasteiger partial charge on any atom is 0.229 e. The molecule has 4 rings (SSSR count). The lowest BCUT2D eigenvalue weighted by Gasteiger charge is -2.58. The second kappa shape index (κ2) is 7.32. The summed E-state index contributed by atoms with van der Waals surface area (Å²) in [4.78, 5) is 29.6. The molecule has 0 radical (unpaired) electrons. The van der Waals surface area contributed by atoms with E-state index in [4.69, 9.17) is 0 Å². The molecule has 1 aromatic rings. The molecule has 3 aliphatic carbocycles. The van der Waals surface area contributed by atoms with Crippen LogP contribution >= 0.6 is 11.3 Å². The monoisotopic (exact) mass is 421 g/mol. The number of nitrogens with zero attached hydrogens (tertiary/aromatic N) is 1. The molecule has 1 heterocycles. The van der Waals surface area contributed by atoms with Crippen LogP contribution < -0.4 is 10.4 Å². The molecule has 5 atom stereocenters. The zero-order valence-electron chi connectivity index (χ0n) is 16.9. The predicted molar refractivity (Wildman–Crippen MR) is 106 cm³/mol. The largest absolute Gasteiger partial charge is 0.550 e. The molecule has 2 fully saturated rings. The molecule has 7 nitrogen and oxygen atoms in total. The average molecular weight is 422 g/mol. The Morgan fingerprint density at radius 2 is 2.03 bits per heavy atom. The number of hydrogen-bond acceptors (Lipinski definition) is 7. The van der Waals surface area contributed by atoms with Gasteiger partial charge in [0, 0.05) is 28.1 Å². The summed E-state index contributed by atoms with van der Waals surface area (Å²) in [7, 11) is 0. The lowest BCUT2D eigenvalue weighted by atomic mass is 9.47. The van der Waals surface area contributed by atoms with Gasteiger partial charge >= 0.3 is 0 Å². The number of aliphatic carboxylic acids is 1. The molecule has 2 saturated carbocycles. The lowest BCUT2D eigenvalue weighted by Crippen LogP contribution is -2.57. The van der Waals surface area contributed by atoms with Gasteiger partial charge in [0.1, 0.15) is 0 Å². The van der Waals surface area contributed by atoms with Gasteiger partial charge in [-0.1, -0.05) is 20.3 Å². The Kier molecular flexibility index (Phi) is 5.24. The Bertz CT molecular complexity index is 822. The maximum absolute atomic E-state index is 12.4. The first kappa shape index (κ1) is 20.8. The molecule has 1 aromatic heterocycles. The number of carboxylic acid groups (broad SMARTS) is 1. The molecular formula is C21H29N2O5S-. The maximum atomic E-state index is 12.4. The number of hydrogen-bond donors (Lipinski definition) is 3. The third-order valence-electron chi connectivity index (χ3n) is 7.97. The van der Waals surface area contributed by atoms with E-state index in [1.807, 2.05) is 6.92 Å². The molecule has 0 aliphatic heterocycles. The number of aliphatic hydroxyl groups excluding tert-OH is 2. The number of rotatable bonds is 5. The van der Waals surface area contributed by atoms with Gasteiger partial charge in [-0.2, -0.15) is 0 Å². The van der Waals surface area contributed by atoms with Crippen molar-refractivity contribution in [3.8, 4) is 0 Å². The number of amides is 1. The molecule has 3 aliphatic rings. The number of thiazole rings is 1. The highest BCUT2D eigenvalue weighted by molar-refractivity contribution is 7.15. The number of nitrogens with one attached hydrogen (secondary N) is 1. The predicted octanol–water partition coefficient (Wildman–Crippen LogP) is 1.44. The smallest absolute Gasteiger partial charge is 0.229 e. The number of carboxylic acids is 1. The highest BCUT2D eigenvalue weighted by atomic mass is 32.1. The quantitative estimate of drug-likeness (QED) is 0.661. The van der Waals surface area contributed by atoms with Crippen LogP contribution in [0.4, 0.5) is 5.13 Å². The third kappa shape index (κ3) is 3.29. The van der Waals surface area contributed by atoms with E-state index >= 15 is 0 Å². The van der Waals surface area contributed by atoms with Crippen molar-refractivity contribution in [1.82, 2.24) is 4.98 Å². The Balaban J connectivity index is 1.71. The molecule has 0 spiro atoms. The minimum absolute atomic E-state index is 0.0157. The highest BCUT2D eigenvalue weighted by Gasteiger charge is 2.59. The first-order valence-electron chi connectivity index (χ1n) is 10.5. The summed E-state index contributed by atoms with van der Waals surface area (Å²) in [6.07, 6.45) is 3.86. The molecule has 29 heavy (non-hydrogen) atoms. The van der Waals surface area contributed by atoms with Crippen LogP contribution in [0.1, 0.15) is 68.9 Å². The average Bonchev–Trinajstić information content (AvgIpc) is 3.00. The molecule has 0 unspecified atom stereocenters. The zero-order chi connectivity index (χ0) is 21.0.